The van der Waals surface area contributed by atoms with Crippen molar-refractivity contribution in [1.82, 2.24) is 0 Å². The molecule has 2 aliphatic carbocycles. The second kappa shape index (κ2) is 6.08. The zero-order valence-electron chi connectivity index (χ0n) is 14.6. The first-order chi connectivity index (χ1) is 13.1. The summed E-state index contributed by atoms with van der Waals surface area (Å²) in [6.07, 6.45) is 1.55. The summed E-state index contributed by atoms with van der Waals surface area (Å²) in [6, 6.07) is 13.4. The molecular formula is C21H19NO5. The molecule has 3 fully saturated rings. The van der Waals surface area contributed by atoms with Crippen LogP contribution in [0.2, 0.25) is 0 Å². The van der Waals surface area contributed by atoms with Gasteiger partial charge in [0.1, 0.15) is 6.10 Å². The first-order valence-electron chi connectivity index (χ1n) is 9.26. The van der Waals surface area contributed by atoms with Crippen molar-refractivity contribution in [3.05, 3.63) is 42.5 Å². The van der Waals surface area contributed by atoms with Gasteiger partial charge in [-0.05, 0) is 30.2 Å². The van der Waals surface area contributed by atoms with E-state index >= 15 is 0 Å². The summed E-state index contributed by atoms with van der Waals surface area (Å²) < 4.78 is 10.6. The summed E-state index contributed by atoms with van der Waals surface area (Å²) >= 11 is 0. The Kier molecular flexibility index (Phi) is 3.67. The summed E-state index contributed by atoms with van der Waals surface area (Å²) in [5.74, 6) is -1.72. The third kappa shape index (κ3) is 2.59. The molecule has 0 aromatic heterocycles. The van der Waals surface area contributed by atoms with E-state index in [1.807, 2.05) is 42.5 Å². The molecule has 2 aromatic rings. The summed E-state index contributed by atoms with van der Waals surface area (Å²) in [5.41, 5.74) is 0.677. The molecular weight excluding hydrogens is 346 g/mol. The van der Waals surface area contributed by atoms with Gasteiger partial charge in [0.2, 0.25) is 0 Å². The molecule has 3 aliphatic rings. The zero-order valence-corrected chi connectivity index (χ0v) is 14.6. The number of carbonyl (C=O) groups excluding carboxylic acids is 3. The van der Waals surface area contributed by atoms with Gasteiger partial charge < -0.3 is 14.8 Å². The van der Waals surface area contributed by atoms with Gasteiger partial charge in [0, 0.05) is 17.0 Å². The first-order valence-corrected chi connectivity index (χ1v) is 9.26. The van der Waals surface area contributed by atoms with Gasteiger partial charge in [-0.3, -0.25) is 14.4 Å². The van der Waals surface area contributed by atoms with Crippen molar-refractivity contribution in [3.8, 4) is 0 Å². The van der Waals surface area contributed by atoms with E-state index in [0.29, 0.717) is 5.69 Å². The molecule has 2 aromatic carbocycles. The molecule has 2 bridgehead atoms. The third-order valence-electron chi connectivity index (χ3n) is 6.16. The van der Waals surface area contributed by atoms with Crippen LogP contribution >= 0.6 is 0 Å². The molecule has 27 heavy (non-hydrogen) atoms. The first kappa shape index (κ1) is 16.3. The minimum atomic E-state index is -0.466. The molecule has 1 saturated heterocycles. The molecule has 1 aliphatic heterocycles. The van der Waals surface area contributed by atoms with Crippen LogP contribution in [0.1, 0.15) is 12.8 Å². The molecule has 6 nitrogen and oxygen atoms in total. The van der Waals surface area contributed by atoms with Crippen LogP contribution < -0.4 is 5.32 Å². The Labute approximate surface area is 155 Å². The summed E-state index contributed by atoms with van der Waals surface area (Å²) in [6.45, 7) is -0.360. The van der Waals surface area contributed by atoms with E-state index in [1.165, 1.54) is 0 Å². The number of nitrogens with one attached hydrogen (secondary N) is 1. The van der Waals surface area contributed by atoms with Crippen molar-refractivity contribution >= 4 is 34.3 Å². The molecule has 1 heterocycles. The molecule has 0 radical (unpaired) electrons. The number of hydrogen-bond donors (Lipinski definition) is 1. The van der Waals surface area contributed by atoms with Gasteiger partial charge >= 0.3 is 11.9 Å². The highest BCUT2D eigenvalue weighted by Gasteiger charge is 2.64. The normalized spacial score (nSPS) is 30.4. The predicted octanol–water partition coefficient (Wildman–Crippen LogP) is 2.52. The average molecular weight is 365 g/mol. The van der Waals surface area contributed by atoms with Crippen LogP contribution in [0.3, 0.4) is 0 Å². The molecule has 2 saturated carbocycles. The molecule has 0 spiro atoms. The number of anilines is 1. The van der Waals surface area contributed by atoms with Crippen LogP contribution in [0.15, 0.2) is 42.5 Å². The van der Waals surface area contributed by atoms with Crippen molar-refractivity contribution in [2.45, 2.75) is 18.9 Å². The smallest absolute Gasteiger partial charge is 0.310 e. The standard InChI is InChI=1S/C21H19NO5/c23-17(22-15-7-3-5-11-4-1-2-6-13(11)15)10-26-20(24)18-12-8-14-16(9-12)27-21(25)19(14)18/h1-7,12,14,16,18-19H,8-10H2,(H,22,23)/t12-,14+,16-,18-,19+/m1/s1. The predicted molar refractivity (Wildman–Crippen MR) is 96.6 cm³/mol. The van der Waals surface area contributed by atoms with Gasteiger partial charge in [-0.15, -0.1) is 0 Å². The van der Waals surface area contributed by atoms with Gasteiger partial charge in [0.15, 0.2) is 6.61 Å². The van der Waals surface area contributed by atoms with E-state index < -0.39 is 17.8 Å². The van der Waals surface area contributed by atoms with Gasteiger partial charge in [-0.25, -0.2) is 0 Å². The summed E-state index contributed by atoms with van der Waals surface area (Å²) in [4.78, 5) is 36.8. The van der Waals surface area contributed by atoms with Crippen LogP contribution in [0.25, 0.3) is 10.8 Å². The number of esters is 2. The fraction of sp³-hybridized carbons (Fsp3) is 0.381. The summed E-state index contributed by atoms with van der Waals surface area (Å²) in [5, 5.41) is 4.74. The molecule has 0 unspecified atom stereocenters. The monoisotopic (exact) mass is 365 g/mol. The van der Waals surface area contributed by atoms with Crippen molar-refractivity contribution in [2.24, 2.45) is 23.7 Å². The number of fused-ring (bicyclic) bond motifs is 2. The highest BCUT2D eigenvalue weighted by molar-refractivity contribution is 6.02. The Balaban J connectivity index is 1.23. The average Bonchev–Trinajstić information content (AvgIpc) is 3.29. The fourth-order valence-corrected chi connectivity index (χ4v) is 5.08. The van der Waals surface area contributed by atoms with Crippen LogP contribution in [-0.4, -0.2) is 30.6 Å². The SMILES string of the molecule is O=C(COC(=O)[C@@H]1[C@@H]2C[C@@H]3[C@@H]1C(=O)O[C@@H]3C2)Nc1cccc2ccccc12. The summed E-state index contributed by atoms with van der Waals surface area (Å²) in [7, 11) is 0. The highest BCUT2D eigenvalue weighted by atomic mass is 16.6. The van der Waals surface area contributed by atoms with Crippen molar-refractivity contribution in [2.75, 3.05) is 11.9 Å². The Morgan fingerprint density at radius 1 is 1.11 bits per heavy atom. The number of rotatable bonds is 4. The topological polar surface area (TPSA) is 81.7 Å². The van der Waals surface area contributed by atoms with Crippen LogP contribution in [0.4, 0.5) is 5.69 Å². The van der Waals surface area contributed by atoms with Crippen molar-refractivity contribution < 1.29 is 23.9 Å². The highest BCUT2D eigenvalue weighted by Crippen LogP contribution is 2.57. The Bertz CT molecular complexity index is 947. The number of carbonyl (C=O) groups is 3. The molecule has 138 valence electrons. The zero-order chi connectivity index (χ0) is 18.5. The van der Waals surface area contributed by atoms with Gasteiger partial charge in [-0.2, -0.15) is 0 Å². The van der Waals surface area contributed by atoms with E-state index in [4.69, 9.17) is 9.47 Å². The van der Waals surface area contributed by atoms with Crippen LogP contribution in [-0.2, 0) is 23.9 Å². The third-order valence-corrected chi connectivity index (χ3v) is 6.16. The number of amides is 1. The number of hydrogen-bond acceptors (Lipinski definition) is 5. The quantitative estimate of drug-likeness (QED) is 0.842. The van der Waals surface area contributed by atoms with E-state index in [-0.39, 0.29) is 36.4 Å². The van der Waals surface area contributed by atoms with Crippen LogP contribution in [0, 0.1) is 23.7 Å². The lowest BCUT2D eigenvalue weighted by Crippen LogP contribution is -2.34. The van der Waals surface area contributed by atoms with Gasteiger partial charge in [0.25, 0.3) is 5.91 Å². The van der Waals surface area contributed by atoms with Gasteiger partial charge in [-0.1, -0.05) is 36.4 Å². The van der Waals surface area contributed by atoms with E-state index in [2.05, 4.69) is 5.32 Å². The number of benzene rings is 2. The maximum atomic E-state index is 12.5. The molecule has 1 amide bonds. The van der Waals surface area contributed by atoms with Crippen molar-refractivity contribution in [3.63, 3.8) is 0 Å². The lowest BCUT2D eigenvalue weighted by molar-refractivity contribution is -0.157. The maximum absolute atomic E-state index is 12.5. The molecule has 5 rings (SSSR count). The van der Waals surface area contributed by atoms with Crippen LogP contribution in [0.5, 0.6) is 0 Å². The largest absolute Gasteiger partial charge is 0.462 e. The van der Waals surface area contributed by atoms with E-state index in [9.17, 15) is 14.4 Å². The van der Waals surface area contributed by atoms with E-state index in [1.54, 1.807) is 0 Å². The second-order valence-corrected chi connectivity index (χ2v) is 7.60. The Morgan fingerprint density at radius 2 is 1.93 bits per heavy atom. The lowest BCUT2D eigenvalue weighted by atomic mass is 9.80. The second-order valence-electron chi connectivity index (χ2n) is 7.60. The maximum Gasteiger partial charge on any atom is 0.310 e. The molecule has 5 atom stereocenters. The Hall–Kier alpha value is -2.89. The lowest BCUT2D eigenvalue weighted by Gasteiger charge is -2.22. The Morgan fingerprint density at radius 3 is 2.81 bits per heavy atom. The number of ether oxygens (including phenoxy) is 2. The van der Waals surface area contributed by atoms with Crippen molar-refractivity contribution in [1.29, 1.82) is 0 Å². The molecule has 6 heteroatoms. The van der Waals surface area contributed by atoms with E-state index in [0.717, 1.165) is 23.6 Å². The van der Waals surface area contributed by atoms with Gasteiger partial charge in [0.05, 0.1) is 11.8 Å². The fourth-order valence-electron chi connectivity index (χ4n) is 5.08. The minimum Gasteiger partial charge on any atom is -0.462 e. The minimum absolute atomic E-state index is 0.0220. The molecule has 1 N–H and O–H groups in total.